The minimum atomic E-state index is -3.48. The fourth-order valence-electron chi connectivity index (χ4n) is 2.14. The molecule has 0 unspecified atom stereocenters. The average Bonchev–Trinajstić information content (AvgIpc) is 2.87. The van der Waals surface area contributed by atoms with Crippen LogP contribution in [-0.4, -0.2) is 43.3 Å². The van der Waals surface area contributed by atoms with E-state index in [9.17, 15) is 13.2 Å². The standard InChI is InChI=1S/C13H17NO4S2/c1-10(15)19-12-7-8-14(9-12)20(16,17)13-5-3-11(18-2)4-6-13/h3-6,12H,7-9H2,1-2H3/t12-/m0/s1. The molecule has 110 valence electrons. The van der Waals surface area contributed by atoms with Crippen molar-refractivity contribution < 1.29 is 17.9 Å². The first-order valence-corrected chi connectivity index (χ1v) is 8.57. The molecular weight excluding hydrogens is 298 g/mol. The van der Waals surface area contributed by atoms with Gasteiger partial charge in [0.05, 0.1) is 12.0 Å². The number of hydrogen-bond acceptors (Lipinski definition) is 5. The fraction of sp³-hybridized carbons (Fsp3) is 0.462. The van der Waals surface area contributed by atoms with Crippen LogP contribution in [0.4, 0.5) is 0 Å². The molecule has 0 aromatic heterocycles. The summed E-state index contributed by atoms with van der Waals surface area (Å²) in [5.74, 6) is 0.621. The first-order valence-electron chi connectivity index (χ1n) is 6.25. The maximum Gasteiger partial charge on any atom is 0.243 e. The Morgan fingerprint density at radius 1 is 1.35 bits per heavy atom. The molecule has 1 aromatic carbocycles. The average molecular weight is 315 g/mol. The number of nitrogens with zero attached hydrogens (tertiary/aromatic N) is 1. The lowest BCUT2D eigenvalue weighted by Gasteiger charge is -2.16. The van der Waals surface area contributed by atoms with Crippen molar-refractivity contribution >= 4 is 26.9 Å². The molecule has 1 atom stereocenters. The molecule has 5 nitrogen and oxygen atoms in total. The van der Waals surface area contributed by atoms with E-state index >= 15 is 0 Å². The van der Waals surface area contributed by atoms with E-state index in [0.29, 0.717) is 25.3 Å². The smallest absolute Gasteiger partial charge is 0.243 e. The summed E-state index contributed by atoms with van der Waals surface area (Å²) in [7, 11) is -1.94. The van der Waals surface area contributed by atoms with Crippen molar-refractivity contribution in [1.82, 2.24) is 4.31 Å². The zero-order chi connectivity index (χ0) is 14.8. The van der Waals surface area contributed by atoms with Gasteiger partial charge < -0.3 is 4.74 Å². The molecule has 1 aliphatic rings. The first kappa shape index (κ1) is 15.3. The van der Waals surface area contributed by atoms with E-state index in [1.54, 1.807) is 24.3 Å². The number of methoxy groups -OCH3 is 1. The Morgan fingerprint density at radius 2 is 2.00 bits per heavy atom. The van der Waals surface area contributed by atoms with Gasteiger partial charge in [0.2, 0.25) is 10.0 Å². The summed E-state index contributed by atoms with van der Waals surface area (Å²) in [6.45, 7) is 2.35. The molecule has 1 aliphatic heterocycles. The van der Waals surface area contributed by atoms with Crippen LogP contribution in [0, 0.1) is 0 Å². The summed E-state index contributed by atoms with van der Waals surface area (Å²) in [6, 6.07) is 6.34. The van der Waals surface area contributed by atoms with E-state index in [-0.39, 0.29) is 15.3 Å². The Hall–Kier alpha value is -1.05. The lowest BCUT2D eigenvalue weighted by molar-refractivity contribution is -0.109. The Morgan fingerprint density at radius 3 is 2.55 bits per heavy atom. The van der Waals surface area contributed by atoms with Crippen LogP contribution in [0.25, 0.3) is 0 Å². The summed E-state index contributed by atoms with van der Waals surface area (Å²) in [6.07, 6.45) is 0.708. The maximum absolute atomic E-state index is 12.5. The van der Waals surface area contributed by atoms with Crippen LogP contribution in [0.5, 0.6) is 5.75 Å². The molecule has 0 radical (unpaired) electrons. The predicted octanol–water partition coefficient (Wildman–Crippen LogP) is 1.74. The van der Waals surface area contributed by atoms with Crippen LogP contribution >= 0.6 is 11.8 Å². The number of carbonyl (C=O) groups excluding carboxylic acids is 1. The highest BCUT2D eigenvalue weighted by Crippen LogP contribution is 2.28. The molecule has 0 bridgehead atoms. The van der Waals surface area contributed by atoms with E-state index in [0.717, 1.165) is 0 Å². The fourth-order valence-corrected chi connectivity index (χ4v) is 4.69. The Balaban J connectivity index is 2.12. The van der Waals surface area contributed by atoms with Gasteiger partial charge in [-0.25, -0.2) is 8.42 Å². The first-order chi connectivity index (χ1) is 9.43. The van der Waals surface area contributed by atoms with Crippen LogP contribution < -0.4 is 4.74 Å². The highest BCUT2D eigenvalue weighted by atomic mass is 32.2. The molecule has 0 N–H and O–H groups in total. The molecule has 2 rings (SSSR count). The van der Waals surface area contributed by atoms with Crippen LogP contribution in [0.1, 0.15) is 13.3 Å². The maximum atomic E-state index is 12.5. The van der Waals surface area contributed by atoms with E-state index in [4.69, 9.17) is 4.74 Å². The third-order valence-corrected chi connectivity index (χ3v) is 6.07. The van der Waals surface area contributed by atoms with Crippen molar-refractivity contribution in [2.45, 2.75) is 23.5 Å². The zero-order valence-electron chi connectivity index (χ0n) is 11.4. The summed E-state index contributed by atoms with van der Waals surface area (Å²) < 4.78 is 31.4. The highest BCUT2D eigenvalue weighted by molar-refractivity contribution is 8.14. The summed E-state index contributed by atoms with van der Waals surface area (Å²) >= 11 is 1.22. The normalized spacial score (nSPS) is 20.0. The monoisotopic (exact) mass is 315 g/mol. The SMILES string of the molecule is COc1ccc(S(=O)(=O)N2CC[C@H](SC(C)=O)C2)cc1. The van der Waals surface area contributed by atoms with E-state index < -0.39 is 10.0 Å². The molecule has 7 heteroatoms. The van der Waals surface area contributed by atoms with Gasteiger partial charge in [-0.3, -0.25) is 4.79 Å². The second-order valence-electron chi connectivity index (χ2n) is 4.56. The topological polar surface area (TPSA) is 63.7 Å². The van der Waals surface area contributed by atoms with Crippen LogP contribution in [0.3, 0.4) is 0 Å². The van der Waals surface area contributed by atoms with Crippen molar-refractivity contribution in [2.75, 3.05) is 20.2 Å². The van der Waals surface area contributed by atoms with Gasteiger partial charge in [0.1, 0.15) is 5.75 Å². The molecule has 1 fully saturated rings. The zero-order valence-corrected chi connectivity index (χ0v) is 13.0. The van der Waals surface area contributed by atoms with Crippen molar-refractivity contribution in [3.63, 3.8) is 0 Å². The Bertz CT molecular complexity index is 583. The molecule has 1 aromatic rings. The van der Waals surface area contributed by atoms with E-state index in [1.165, 1.54) is 30.1 Å². The second-order valence-corrected chi connectivity index (χ2v) is 7.97. The summed E-state index contributed by atoms with van der Waals surface area (Å²) in [4.78, 5) is 11.3. The molecule has 0 saturated carbocycles. The van der Waals surface area contributed by atoms with Crippen LogP contribution in [0.15, 0.2) is 29.2 Å². The number of sulfonamides is 1. The van der Waals surface area contributed by atoms with Gasteiger partial charge in [0.25, 0.3) is 0 Å². The third kappa shape index (κ3) is 3.34. The summed E-state index contributed by atoms with van der Waals surface area (Å²) in [5, 5.41) is 0.0826. The van der Waals surface area contributed by atoms with Crippen LogP contribution in [0.2, 0.25) is 0 Å². The van der Waals surface area contributed by atoms with Crippen molar-refractivity contribution in [2.24, 2.45) is 0 Å². The number of rotatable bonds is 4. The van der Waals surface area contributed by atoms with Gasteiger partial charge in [0.15, 0.2) is 5.12 Å². The predicted molar refractivity (Wildman–Crippen MR) is 78.4 cm³/mol. The number of ether oxygens (including phenoxy) is 1. The van der Waals surface area contributed by atoms with Gasteiger partial charge in [-0.15, -0.1) is 0 Å². The lowest BCUT2D eigenvalue weighted by Crippen LogP contribution is -2.29. The molecular formula is C13H17NO4S2. The quantitative estimate of drug-likeness (QED) is 0.847. The lowest BCUT2D eigenvalue weighted by atomic mass is 10.3. The number of hydrogen-bond donors (Lipinski definition) is 0. The highest BCUT2D eigenvalue weighted by Gasteiger charge is 2.33. The van der Waals surface area contributed by atoms with Gasteiger partial charge in [-0.05, 0) is 30.7 Å². The second kappa shape index (κ2) is 6.15. The molecule has 0 amide bonds. The van der Waals surface area contributed by atoms with Crippen molar-refractivity contribution in [3.8, 4) is 5.75 Å². The number of thioether (sulfide) groups is 1. The van der Waals surface area contributed by atoms with Gasteiger partial charge >= 0.3 is 0 Å². The summed E-state index contributed by atoms with van der Waals surface area (Å²) in [5.41, 5.74) is 0. The minimum Gasteiger partial charge on any atom is -0.497 e. The molecule has 1 saturated heterocycles. The van der Waals surface area contributed by atoms with Crippen molar-refractivity contribution in [1.29, 1.82) is 0 Å². The molecule has 0 aliphatic carbocycles. The molecule has 0 spiro atoms. The third-order valence-electron chi connectivity index (χ3n) is 3.14. The Kier molecular flexibility index (Phi) is 4.72. The largest absolute Gasteiger partial charge is 0.497 e. The van der Waals surface area contributed by atoms with E-state index in [2.05, 4.69) is 0 Å². The van der Waals surface area contributed by atoms with Gasteiger partial charge in [-0.1, -0.05) is 11.8 Å². The van der Waals surface area contributed by atoms with E-state index in [1.807, 2.05) is 0 Å². The Labute approximate surface area is 123 Å². The number of benzene rings is 1. The molecule has 20 heavy (non-hydrogen) atoms. The minimum absolute atomic E-state index is 0.0266. The molecule has 1 heterocycles. The number of carbonyl (C=O) groups is 1. The van der Waals surface area contributed by atoms with Crippen LogP contribution in [-0.2, 0) is 14.8 Å². The van der Waals surface area contributed by atoms with Gasteiger partial charge in [-0.2, -0.15) is 4.31 Å². The van der Waals surface area contributed by atoms with Gasteiger partial charge in [0, 0.05) is 25.3 Å². The van der Waals surface area contributed by atoms with Crippen molar-refractivity contribution in [3.05, 3.63) is 24.3 Å².